The van der Waals surface area contributed by atoms with E-state index in [1.54, 1.807) is 12.4 Å². The van der Waals surface area contributed by atoms with Crippen molar-refractivity contribution >= 4 is 33.3 Å². The van der Waals surface area contributed by atoms with Crippen LogP contribution in [0.1, 0.15) is 36.4 Å². The Balaban J connectivity index is 1.88. The molecule has 0 saturated carbocycles. The number of carbonyl (C=O) groups excluding carboxylic acids is 1. The van der Waals surface area contributed by atoms with E-state index >= 15 is 0 Å². The Morgan fingerprint density at radius 2 is 1.95 bits per heavy atom. The molecule has 3 rings (SSSR count). The van der Waals surface area contributed by atoms with Crippen molar-refractivity contribution < 1.29 is 4.79 Å². The molecular weight excluding hydrogens is 272 g/mol. The number of fused-ring (bicyclic) bond motifs is 1. The molecule has 0 spiro atoms. The highest BCUT2D eigenvalue weighted by molar-refractivity contribution is 7.21. The van der Waals surface area contributed by atoms with Crippen molar-refractivity contribution in [1.29, 1.82) is 0 Å². The van der Waals surface area contributed by atoms with E-state index in [2.05, 4.69) is 23.8 Å². The first-order valence-electron chi connectivity index (χ1n) is 6.76. The lowest BCUT2D eigenvalue weighted by molar-refractivity contribution is 0.0636. The van der Waals surface area contributed by atoms with Crippen molar-refractivity contribution in [3.8, 4) is 0 Å². The average Bonchev–Trinajstić information content (AvgIpc) is 2.76. The first-order chi connectivity index (χ1) is 9.48. The van der Waals surface area contributed by atoms with E-state index in [1.807, 2.05) is 4.90 Å². The normalized spacial score (nSPS) is 18.4. The number of amides is 1. The van der Waals surface area contributed by atoms with Crippen molar-refractivity contribution in [2.45, 2.75) is 26.7 Å². The monoisotopic (exact) mass is 290 g/mol. The molecule has 6 heteroatoms. The van der Waals surface area contributed by atoms with Gasteiger partial charge in [-0.25, -0.2) is 9.97 Å². The third-order valence-corrected chi connectivity index (χ3v) is 5.05. The summed E-state index contributed by atoms with van der Waals surface area (Å²) in [6.07, 6.45) is 5.28. The summed E-state index contributed by atoms with van der Waals surface area (Å²) in [5.74, 6) is 0.0165. The van der Waals surface area contributed by atoms with Crippen LogP contribution in [0.2, 0.25) is 0 Å². The maximum atomic E-state index is 12.6. The van der Waals surface area contributed by atoms with Gasteiger partial charge in [-0.15, -0.1) is 11.3 Å². The summed E-state index contributed by atoms with van der Waals surface area (Å²) in [5, 5.41) is 0. The number of piperidine rings is 1. The molecule has 0 aliphatic carbocycles. The van der Waals surface area contributed by atoms with E-state index < -0.39 is 0 Å². The fourth-order valence-electron chi connectivity index (χ4n) is 2.46. The number of likely N-dealkylation sites (tertiary alicyclic amines) is 1. The van der Waals surface area contributed by atoms with Crippen molar-refractivity contribution in [3.63, 3.8) is 0 Å². The third-order valence-electron chi connectivity index (χ3n) is 3.96. The van der Waals surface area contributed by atoms with Gasteiger partial charge in [0.05, 0.1) is 5.69 Å². The number of thiophene rings is 1. The number of carbonyl (C=O) groups is 1. The maximum absolute atomic E-state index is 12.6. The Labute approximate surface area is 121 Å². The number of aromatic nitrogens is 2. The van der Waals surface area contributed by atoms with Gasteiger partial charge >= 0.3 is 0 Å². The molecule has 1 aliphatic rings. The molecule has 1 fully saturated rings. The predicted molar refractivity (Wildman–Crippen MR) is 80.7 cm³/mol. The van der Waals surface area contributed by atoms with Gasteiger partial charge in [0.15, 0.2) is 0 Å². The molecule has 0 bridgehead atoms. The third kappa shape index (κ3) is 2.24. The van der Waals surface area contributed by atoms with Crippen LogP contribution in [0.3, 0.4) is 0 Å². The zero-order valence-electron chi connectivity index (χ0n) is 11.7. The number of nitrogens with two attached hydrogens (primary N) is 1. The zero-order chi connectivity index (χ0) is 14.3. The number of hydrogen-bond donors (Lipinski definition) is 1. The van der Waals surface area contributed by atoms with Crippen LogP contribution < -0.4 is 5.73 Å². The molecule has 0 unspecified atom stereocenters. The Bertz CT molecular complexity index is 654. The Morgan fingerprint density at radius 3 is 2.60 bits per heavy atom. The lowest BCUT2D eigenvalue weighted by Crippen LogP contribution is -2.41. The van der Waals surface area contributed by atoms with E-state index in [0.717, 1.165) is 30.8 Å². The van der Waals surface area contributed by atoms with Gasteiger partial charge in [0, 0.05) is 25.5 Å². The van der Waals surface area contributed by atoms with E-state index in [-0.39, 0.29) is 5.91 Å². The average molecular weight is 290 g/mol. The lowest BCUT2D eigenvalue weighted by atomic mass is 9.82. The highest BCUT2D eigenvalue weighted by Crippen LogP contribution is 2.34. The van der Waals surface area contributed by atoms with Gasteiger partial charge in [0.25, 0.3) is 5.91 Å². The first-order valence-corrected chi connectivity index (χ1v) is 7.58. The SMILES string of the molecule is CC1(C)CCN(C(=O)c2sc3nccnc3c2N)CC1. The summed E-state index contributed by atoms with van der Waals surface area (Å²) >= 11 is 1.34. The molecule has 1 aliphatic heterocycles. The smallest absolute Gasteiger partial charge is 0.266 e. The Kier molecular flexibility index (Phi) is 3.12. The van der Waals surface area contributed by atoms with E-state index in [1.165, 1.54) is 11.3 Å². The highest BCUT2D eigenvalue weighted by atomic mass is 32.1. The molecule has 2 N–H and O–H groups in total. The van der Waals surface area contributed by atoms with Crippen LogP contribution in [0.25, 0.3) is 10.3 Å². The molecule has 0 atom stereocenters. The largest absolute Gasteiger partial charge is 0.396 e. The van der Waals surface area contributed by atoms with E-state index in [0.29, 0.717) is 21.5 Å². The highest BCUT2D eigenvalue weighted by Gasteiger charge is 2.30. The summed E-state index contributed by atoms with van der Waals surface area (Å²) < 4.78 is 0. The molecule has 106 valence electrons. The van der Waals surface area contributed by atoms with E-state index in [4.69, 9.17) is 5.73 Å². The number of rotatable bonds is 1. The van der Waals surface area contributed by atoms with Gasteiger partial charge in [-0.05, 0) is 18.3 Å². The topological polar surface area (TPSA) is 72.1 Å². The summed E-state index contributed by atoms with van der Waals surface area (Å²) in [5.41, 5.74) is 7.49. The minimum atomic E-state index is 0.0165. The maximum Gasteiger partial charge on any atom is 0.266 e. The molecule has 2 aromatic rings. The van der Waals surface area contributed by atoms with Crippen LogP contribution in [0.15, 0.2) is 12.4 Å². The number of anilines is 1. The molecule has 0 radical (unpaired) electrons. The molecule has 3 heterocycles. The first kappa shape index (κ1) is 13.3. The van der Waals surface area contributed by atoms with Gasteiger partial charge in [-0.3, -0.25) is 4.79 Å². The minimum Gasteiger partial charge on any atom is -0.396 e. The molecule has 2 aromatic heterocycles. The number of hydrogen-bond acceptors (Lipinski definition) is 5. The van der Waals surface area contributed by atoms with E-state index in [9.17, 15) is 4.79 Å². The summed E-state index contributed by atoms with van der Waals surface area (Å²) in [7, 11) is 0. The molecule has 1 amide bonds. The van der Waals surface area contributed by atoms with Gasteiger partial charge in [-0.1, -0.05) is 13.8 Å². The lowest BCUT2D eigenvalue weighted by Gasteiger charge is -2.36. The number of nitrogen functional groups attached to an aromatic ring is 1. The molecule has 5 nitrogen and oxygen atoms in total. The summed E-state index contributed by atoms with van der Waals surface area (Å²) in [4.78, 5) is 24.2. The standard InChI is InChI=1S/C14H18N4OS/c1-14(2)3-7-18(8-4-14)13(19)11-9(15)10-12(20-11)17-6-5-16-10/h5-6H,3-4,7-8,15H2,1-2H3. The molecular formula is C14H18N4OS. The van der Waals surface area contributed by atoms with Crippen molar-refractivity contribution in [3.05, 3.63) is 17.3 Å². The second kappa shape index (κ2) is 4.70. The molecule has 0 aromatic carbocycles. The Hall–Kier alpha value is -1.69. The second-order valence-corrected chi connectivity index (χ2v) is 7.01. The summed E-state index contributed by atoms with van der Waals surface area (Å²) in [6.45, 7) is 6.08. The van der Waals surface area contributed by atoms with Crippen LogP contribution in [0.4, 0.5) is 5.69 Å². The van der Waals surface area contributed by atoms with Crippen molar-refractivity contribution in [2.24, 2.45) is 5.41 Å². The predicted octanol–water partition coefficient (Wildman–Crippen LogP) is 2.54. The molecule has 20 heavy (non-hydrogen) atoms. The minimum absolute atomic E-state index is 0.0165. The Morgan fingerprint density at radius 1 is 1.30 bits per heavy atom. The van der Waals surface area contributed by atoms with Gasteiger partial charge in [0.2, 0.25) is 0 Å². The van der Waals surface area contributed by atoms with Crippen LogP contribution in [0.5, 0.6) is 0 Å². The fourth-order valence-corrected chi connectivity index (χ4v) is 3.45. The van der Waals surface area contributed by atoms with Crippen LogP contribution in [-0.2, 0) is 0 Å². The van der Waals surface area contributed by atoms with Crippen LogP contribution >= 0.6 is 11.3 Å². The molecule has 1 saturated heterocycles. The van der Waals surface area contributed by atoms with Gasteiger partial charge in [0.1, 0.15) is 15.2 Å². The summed E-state index contributed by atoms with van der Waals surface area (Å²) in [6, 6.07) is 0. The van der Waals surface area contributed by atoms with Crippen molar-refractivity contribution in [1.82, 2.24) is 14.9 Å². The fraction of sp³-hybridized carbons (Fsp3) is 0.500. The van der Waals surface area contributed by atoms with Crippen molar-refractivity contribution in [2.75, 3.05) is 18.8 Å². The quantitative estimate of drug-likeness (QED) is 0.876. The van der Waals surface area contributed by atoms with Gasteiger partial charge in [-0.2, -0.15) is 0 Å². The van der Waals surface area contributed by atoms with Crippen LogP contribution in [0, 0.1) is 5.41 Å². The second-order valence-electron chi connectivity index (χ2n) is 6.01. The zero-order valence-corrected chi connectivity index (χ0v) is 12.5. The number of nitrogens with zero attached hydrogens (tertiary/aromatic N) is 3. The van der Waals surface area contributed by atoms with Crippen LogP contribution in [-0.4, -0.2) is 33.9 Å². The van der Waals surface area contributed by atoms with Gasteiger partial charge < -0.3 is 10.6 Å².